The van der Waals surface area contributed by atoms with Gasteiger partial charge in [-0.05, 0) is 6.37 Å². The zero-order valence-corrected chi connectivity index (χ0v) is 9.44. The van der Waals surface area contributed by atoms with Crippen LogP contribution in [0.4, 0.5) is 0 Å². The average molecular weight is 270 g/mol. The second-order valence-electron chi connectivity index (χ2n) is 2.14. The fourth-order valence-electron chi connectivity index (χ4n) is 0.760. The summed E-state index contributed by atoms with van der Waals surface area (Å²) < 4.78 is 86.1. The molecule has 7 heteroatoms. The van der Waals surface area contributed by atoms with E-state index in [1.54, 1.807) is 0 Å². The van der Waals surface area contributed by atoms with E-state index in [4.69, 9.17) is 40.1 Å². The first-order valence-corrected chi connectivity index (χ1v) is 6.03. The molecular weight excluding hydrogens is 246 g/mol. The predicted octanol–water partition coefficient (Wildman–Crippen LogP) is 1.88. The Morgan fingerprint density at radius 2 is 2.57 bits per heavy atom. The van der Waals surface area contributed by atoms with Gasteiger partial charge in [0.1, 0.15) is 1.41 Å². The van der Waals surface area contributed by atoms with Crippen molar-refractivity contribution in [2.75, 3.05) is 37.9 Å². The van der Waals surface area contributed by atoms with Crippen LogP contribution in [0.1, 0.15) is 17.3 Å². The zero-order valence-electron chi connectivity index (χ0n) is 16.0. The third-order valence-corrected chi connectivity index (χ3v) is 3.27. The van der Waals surface area contributed by atoms with Gasteiger partial charge in [0.25, 0.3) is 0 Å². The van der Waals surface area contributed by atoms with Crippen LogP contribution in [0.2, 0.25) is 1.41 Å². The Hall–Kier alpha value is 0.690. The van der Waals surface area contributed by atoms with E-state index in [1.807, 2.05) is 0 Å². The van der Waals surface area contributed by atoms with E-state index in [9.17, 15) is 4.57 Å². The smallest absolute Gasteiger partial charge is 0.306 e. The van der Waals surface area contributed by atoms with Crippen LogP contribution >= 0.6 is 30.9 Å². The van der Waals surface area contributed by atoms with E-state index in [-0.39, 0.29) is 9.75 Å². The van der Waals surface area contributed by atoms with Crippen molar-refractivity contribution in [3.05, 3.63) is 0 Å². The van der Waals surface area contributed by atoms with Crippen molar-refractivity contribution in [3.63, 3.8) is 0 Å². The molecule has 1 unspecified atom stereocenters. The Morgan fingerprint density at radius 3 is 3.21 bits per heavy atom. The van der Waals surface area contributed by atoms with E-state index in [0.29, 0.717) is 0 Å². The van der Waals surface area contributed by atoms with E-state index in [1.165, 1.54) is 0 Å². The van der Waals surface area contributed by atoms with E-state index in [2.05, 4.69) is 0 Å². The predicted molar refractivity (Wildman–Crippen MR) is 59.2 cm³/mol. The molecule has 1 aliphatic rings. The van der Waals surface area contributed by atoms with Crippen LogP contribution in [-0.4, -0.2) is 42.5 Å². The summed E-state index contributed by atoms with van der Waals surface area (Å²) in [6.07, 6.45) is -2.69. The summed E-state index contributed by atoms with van der Waals surface area (Å²) in [5.41, 5.74) is 0. The van der Waals surface area contributed by atoms with Crippen LogP contribution in [-0.2, 0) is 9.09 Å². The molecule has 1 rings (SSSR count). The highest BCUT2D eigenvalue weighted by molar-refractivity contribution is 7.54. The van der Waals surface area contributed by atoms with Crippen LogP contribution < -0.4 is 5.08 Å². The Balaban J connectivity index is 3.38. The molecule has 1 saturated heterocycles. The Labute approximate surface area is 107 Å². The second kappa shape index (κ2) is 6.31. The number of nitrogens with zero attached hydrogens (tertiary/aromatic N) is 1. The number of rotatable bonds is 5. The number of nitrogens with one attached hydrogen (secondary N) is 1. The monoisotopic (exact) mass is 269 g/mol. The van der Waals surface area contributed by atoms with Crippen LogP contribution in [0.25, 0.3) is 0 Å². The third kappa shape index (κ3) is 3.37. The molecule has 0 aromatic rings. The number of hydrogen-bond donors (Lipinski definition) is 1. The summed E-state index contributed by atoms with van der Waals surface area (Å²) in [6.45, 7) is -7.79. The Kier molecular flexibility index (Phi) is 2.21. The highest BCUT2D eigenvalue weighted by atomic mass is 35.5. The van der Waals surface area contributed by atoms with Gasteiger partial charge in [-0.1, -0.05) is 0 Å². The van der Waals surface area contributed by atoms with Gasteiger partial charge >= 0.3 is 7.67 Å². The first-order chi connectivity index (χ1) is 10.0. The lowest BCUT2D eigenvalue weighted by Gasteiger charge is -2.33. The molecule has 0 aromatic heterocycles. The fourth-order valence-corrected chi connectivity index (χ4v) is 2.42. The maximum absolute atomic E-state index is 13.0. The Bertz CT molecular complexity index is 503. The molecule has 1 heterocycles. The molecule has 0 saturated carbocycles. The number of alkyl halides is 2. The minimum Gasteiger partial charge on any atom is -0.306 e. The molecule has 1 fully saturated rings. The van der Waals surface area contributed by atoms with Crippen LogP contribution in [0.5, 0.6) is 0 Å². The molecule has 0 bridgehead atoms. The quantitative estimate of drug-likeness (QED) is 0.612. The van der Waals surface area contributed by atoms with Gasteiger partial charge in [-0.2, -0.15) is 0 Å². The molecule has 0 radical (unpaired) electrons. The summed E-state index contributed by atoms with van der Waals surface area (Å²) >= 11 is 10.9. The molecule has 1 aliphatic heterocycles. The molecule has 0 aliphatic carbocycles. The number of hydrogen-bond acceptors (Lipinski definition) is 2. The average Bonchev–Trinajstić information content (AvgIpc) is 2.39. The normalized spacial score (nSPS) is 48.4. The number of halogens is 2. The van der Waals surface area contributed by atoms with Crippen LogP contribution in [0.15, 0.2) is 0 Å². The molecule has 0 aromatic carbocycles. The molecule has 1 atom stereocenters. The van der Waals surface area contributed by atoms with Crippen molar-refractivity contribution in [1.29, 1.82) is 0 Å². The lowest BCUT2D eigenvalue weighted by molar-refractivity contribution is 0.233. The van der Waals surface area contributed by atoms with Crippen molar-refractivity contribution < 1.29 is 21.5 Å². The van der Waals surface area contributed by atoms with Gasteiger partial charge in [0.15, 0.2) is 0 Å². The van der Waals surface area contributed by atoms with Gasteiger partial charge in [-0.3, -0.25) is 4.57 Å². The fraction of sp³-hybridized carbons (Fsp3) is 1.00. The first kappa shape index (κ1) is 4.91. The summed E-state index contributed by atoms with van der Waals surface area (Å²) in [5.74, 6) is -3.37. The molecular formula is C7H15Cl2N2O2P. The third-order valence-electron chi connectivity index (χ3n) is 1.32. The van der Waals surface area contributed by atoms with Crippen LogP contribution in [0, 0.1) is 0 Å². The standard InChI is InChI=1S/C7H15Cl2N2O2P/c8-2-5-11(6-3-9)14(12)10-4-1-7-13-14/h1-7H2,(H,10,12)/i1D2,2D2,4D2,6D2/hD. The van der Waals surface area contributed by atoms with Crippen molar-refractivity contribution in [2.45, 2.75) is 6.37 Å². The second-order valence-corrected chi connectivity index (χ2v) is 4.59. The van der Waals surface area contributed by atoms with Crippen molar-refractivity contribution in [1.82, 2.24) is 9.75 Å². The first-order valence-electron chi connectivity index (χ1n) is 8.03. The van der Waals surface area contributed by atoms with Gasteiger partial charge in [-0.15, -0.1) is 23.2 Å². The highest BCUT2D eigenvalue weighted by Gasteiger charge is 2.32. The minimum absolute atomic E-state index is 0.236. The summed E-state index contributed by atoms with van der Waals surface area (Å²) in [7, 11) is -4.82. The zero-order chi connectivity index (χ0) is 18.5. The van der Waals surface area contributed by atoms with E-state index < -0.39 is 51.9 Å². The lowest BCUT2D eigenvalue weighted by Crippen LogP contribution is -2.35. The van der Waals surface area contributed by atoms with Gasteiger partial charge < -0.3 is 4.52 Å². The topological polar surface area (TPSA) is 41.6 Å². The molecule has 14 heavy (non-hydrogen) atoms. The van der Waals surface area contributed by atoms with Crippen molar-refractivity contribution in [2.24, 2.45) is 0 Å². The lowest BCUT2D eigenvalue weighted by atomic mass is 10.5. The van der Waals surface area contributed by atoms with Gasteiger partial charge in [-0.25, -0.2) is 9.75 Å². The van der Waals surface area contributed by atoms with Crippen molar-refractivity contribution in [3.8, 4) is 0 Å². The van der Waals surface area contributed by atoms with Gasteiger partial charge in [0.05, 0.1) is 6.61 Å². The summed E-state index contributed by atoms with van der Waals surface area (Å²) in [6, 6.07) is 0. The summed E-state index contributed by atoms with van der Waals surface area (Å²) in [5, 5.41) is -0.309. The molecule has 0 spiro atoms. The molecule has 84 valence electrons. The van der Waals surface area contributed by atoms with Gasteiger partial charge in [0, 0.05) is 42.2 Å². The minimum atomic E-state index is -4.82. The summed E-state index contributed by atoms with van der Waals surface area (Å²) in [4.78, 5) is 0. The maximum atomic E-state index is 13.0. The largest absolute Gasteiger partial charge is 0.343 e. The molecule has 4 nitrogen and oxygen atoms in total. The highest BCUT2D eigenvalue weighted by Crippen LogP contribution is 2.47. The van der Waals surface area contributed by atoms with Crippen molar-refractivity contribution >= 4 is 30.9 Å². The van der Waals surface area contributed by atoms with Gasteiger partial charge in [0.2, 0.25) is 0 Å². The maximum Gasteiger partial charge on any atom is 0.343 e. The van der Waals surface area contributed by atoms with E-state index in [0.717, 1.165) is 0 Å². The Morgan fingerprint density at radius 1 is 1.79 bits per heavy atom. The van der Waals surface area contributed by atoms with Crippen LogP contribution in [0.3, 0.4) is 0 Å². The molecule has 0 amide bonds. The SMILES string of the molecule is [2H]N1C([2H])([2H])C([2H])([2H])COP1(=O)N(CC([2H])([2H])Cl)C([2H])([2H])CCl. The molecule has 1 N–H and O–H groups in total. The van der Waals surface area contributed by atoms with E-state index >= 15 is 0 Å².